The number of nitrogens with zero attached hydrogens (tertiary/aromatic N) is 4. The predicted molar refractivity (Wildman–Crippen MR) is 160 cm³/mol. The topological polar surface area (TPSA) is 106 Å². The number of fused-ring (bicyclic) bond motifs is 3. The summed E-state index contributed by atoms with van der Waals surface area (Å²) in [6, 6.07) is 20.9. The Morgan fingerprint density at radius 3 is 2.63 bits per heavy atom. The molecule has 1 aromatic carbocycles. The second-order valence-corrected chi connectivity index (χ2v) is 10.4. The van der Waals surface area contributed by atoms with E-state index in [0.717, 1.165) is 35.2 Å². The number of hydrogen-bond acceptors (Lipinski definition) is 6. The Labute approximate surface area is 235 Å². The largest absolute Gasteiger partial charge is 0.392 e. The Morgan fingerprint density at radius 1 is 1.00 bits per heavy atom. The lowest BCUT2D eigenvalue weighted by Gasteiger charge is -2.27. The molecule has 6 aromatic rings. The van der Waals surface area contributed by atoms with Crippen LogP contribution in [0.25, 0.3) is 33.2 Å². The van der Waals surface area contributed by atoms with Crippen molar-refractivity contribution in [2.24, 2.45) is 7.05 Å². The van der Waals surface area contributed by atoms with Gasteiger partial charge in [-0.2, -0.15) is 0 Å². The molecule has 0 radical (unpaired) electrons. The van der Waals surface area contributed by atoms with Crippen LogP contribution in [-0.4, -0.2) is 36.7 Å². The van der Waals surface area contributed by atoms with Gasteiger partial charge in [0.25, 0.3) is 11.1 Å². The number of aliphatic hydroxyl groups excluding tert-OH is 1. The van der Waals surface area contributed by atoms with Crippen LogP contribution in [0, 0.1) is 0 Å². The van der Waals surface area contributed by atoms with Gasteiger partial charge in [-0.3, -0.25) is 14.2 Å². The molecule has 0 saturated carbocycles. The van der Waals surface area contributed by atoms with Crippen molar-refractivity contribution in [1.82, 2.24) is 23.8 Å². The predicted octanol–water partition coefficient (Wildman–Crippen LogP) is 3.93. The minimum absolute atomic E-state index is 0.173. The van der Waals surface area contributed by atoms with Gasteiger partial charge in [0, 0.05) is 67.5 Å². The molecule has 1 aliphatic rings. The summed E-state index contributed by atoms with van der Waals surface area (Å²) in [6.07, 6.45) is 7.25. The second kappa shape index (κ2) is 9.88. The molecule has 0 spiro atoms. The molecule has 1 aliphatic heterocycles. The van der Waals surface area contributed by atoms with Crippen molar-refractivity contribution in [3.05, 3.63) is 123 Å². The van der Waals surface area contributed by atoms with Crippen LogP contribution < -0.4 is 21.8 Å². The van der Waals surface area contributed by atoms with Crippen LogP contribution in [0.2, 0.25) is 0 Å². The standard InChI is InChI=1S/C32H28N6O3/c1-36-18-21(13-27(32(36)41)35-30-9-8-20(17-34-30)22-15-33-16-22)24-6-4-7-28(26(24)19-39)38-12-10-29-25(31(38)40)14-23-5-2-3-11-37(23)29/h2-14,17-18,22,33,39H,15-16,19H2,1H3,(H,34,35). The van der Waals surface area contributed by atoms with Crippen molar-refractivity contribution in [2.45, 2.75) is 12.5 Å². The van der Waals surface area contributed by atoms with Crippen molar-refractivity contribution in [1.29, 1.82) is 0 Å². The highest BCUT2D eigenvalue weighted by Gasteiger charge is 2.19. The number of benzene rings is 1. The van der Waals surface area contributed by atoms with Crippen LogP contribution in [0.4, 0.5) is 11.5 Å². The molecule has 0 amide bonds. The van der Waals surface area contributed by atoms with Crippen LogP contribution in [0.3, 0.4) is 0 Å². The fourth-order valence-corrected chi connectivity index (χ4v) is 5.59. The zero-order valence-electron chi connectivity index (χ0n) is 22.4. The molecular weight excluding hydrogens is 516 g/mol. The summed E-state index contributed by atoms with van der Waals surface area (Å²) in [6.45, 7) is 1.61. The van der Waals surface area contributed by atoms with E-state index in [-0.39, 0.29) is 17.7 Å². The van der Waals surface area contributed by atoms with E-state index in [0.29, 0.717) is 34.1 Å². The monoisotopic (exact) mass is 544 g/mol. The number of nitrogens with one attached hydrogen (secondary N) is 2. The van der Waals surface area contributed by atoms with Gasteiger partial charge in [0.1, 0.15) is 11.5 Å². The smallest absolute Gasteiger partial charge is 0.274 e. The Hall–Kier alpha value is -4.99. The number of aliphatic hydroxyl groups is 1. The van der Waals surface area contributed by atoms with Crippen molar-refractivity contribution in [3.8, 4) is 16.8 Å². The maximum absolute atomic E-state index is 13.7. The number of pyridine rings is 4. The van der Waals surface area contributed by atoms with Gasteiger partial charge in [-0.15, -0.1) is 0 Å². The molecule has 0 atom stereocenters. The molecule has 6 heterocycles. The number of rotatable bonds is 6. The van der Waals surface area contributed by atoms with E-state index in [1.165, 1.54) is 10.1 Å². The van der Waals surface area contributed by atoms with Gasteiger partial charge in [0.2, 0.25) is 0 Å². The van der Waals surface area contributed by atoms with Gasteiger partial charge in [0.15, 0.2) is 0 Å². The molecule has 1 fully saturated rings. The molecule has 9 heteroatoms. The molecule has 1 saturated heterocycles. The fourth-order valence-electron chi connectivity index (χ4n) is 5.59. The number of aromatic nitrogens is 4. The van der Waals surface area contributed by atoms with Crippen LogP contribution in [0.5, 0.6) is 0 Å². The summed E-state index contributed by atoms with van der Waals surface area (Å²) in [5.41, 5.74) is 5.52. The van der Waals surface area contributed by atoms with E-state index >= 15 is 0 Å². The first-order chi connectivity index (χ1) is 20.0. The lowest BCUT2D eigenvalue weighted by atomic mass is 9.95. The van der Waals surface area contributed by atoms with Gasteiger partial charge < -0.3 is 24.7 Å². The second-order valence-electron chi connectivity index (χ2n) is 10.4. The van der Waals surface area contributed by atoms with Gasteiger partial charge >= 0.3 is 0 Å². The summed E-state index contributed by atoms with van der Waals surface area (Å²) < 4.78 is 5.06. The quantitative estimate of drug-likeness (QED) is 0.294. The van der Waals surface area contributed by atoms with Gasteiger partial charge in [-0.05, 0) is 53.6 Å². The van der Waals surface area contributed by atoms with Gasteiger partial charge in [-0.25, -0.2) is 4.98 Å². The Kier molecular flexibility index (Phi) is 6.03. The van der Waals surface area contributed by atoms with Crippen LogP contribution in [-0.2, 0) is 13.7 Å². The average molecular weight is 545 g/mol. The lowest BCUT2D eigenvalue weighted by Crippen LogP contribution is -2.39. The maximum atomic E-state index is 13.7. The first-order valence-corrected chi connectivity index (χ1v) is 13.5. The minimum Gasteiger partial charge on any atom is -0.392 e. The maximum Gasteiger partial charge on any atom is 0.274 e. The highest BCUT2D eigenvalue weighted by atomic mass is 16.3. The van der Waals surface area contributed by atoms with Gasteiger partial charge in [0.05, 0.1) is 23.2 Å². The minimum atomic E-state index is -0.293. The third kappa shape index (κ3) is 4.23. The zero-order valence-corrected chi connectivity index (χ0v) is 22.4. The van der Waals surface area contributed by atoms with Crippen LogP contribution >= 0.6 is 0 Å². The zero-order chi connectivity index (χ0) is 28.1. The normalized spacial score (nSPS) is 13.5. The van der Waals surface area contributed by atoms with E-state index in [1.54, 1.807) is 30.1 Å². The van der Waals surface area contributed by atoms with Crippen molar-refractivity contribution >= 4 is 27.9 Å². The van der Waals surface area contributed by atoms with Crippen molar-refractivity contribution < 1.29 is 5.11 Å². The molecule has 0 unspecified atom stereocenters. The van der Waals surface area contributed by atoms with Crippen LogP contribution in [0.1, 0.15) is 17.0 Å². The first kappa shape index (κ1) is 25.0. The molecule has 204 valence electrons. The molecule has 3 N–H and O–H groups in total. The van der Waals surface area contributed by atoms with E-state index in [1.807, 2.05) is 77.5 Å². The summed E-state index contributed by atoms with van der Waals surface area (Å²) in [7, 11) is 1.69. The van der Waals surface area contributed by atoms with Gasteiger partial charge in [-0.1, -0.05) is 24.3 Å². The van der Waals surface area contributed by atoms with Crippen LogP contribution in [0.15, 0.2) is 101 Å². The van der Waals surface area contributed by atoms with E-state index in [9.17, 15) is 14.7 Å². The fraction of sp³-hybridized carbons (Fsp3) is 0.156. The third-order valence-corrected chi connectivity index (χ3v) is 7.92. The molecule has 0 bridgehead atoms. The average Bonchev–Trinajstić information content (AvgIpc) is 3.35. The van der Waals surface area contributed by atoms with E-state index in [4.69, 9.17) is 0 Å². The summed E-state index contributed by atoms with van der Waals surface area (Å²) in [5, 5.41) is 17.6. The molecule has 41 heavy (non-hydrogen) atoms. The summed E-state index contributed by atoms with van der Waals surface area (Å²) >= 11 is 0. The number of hydrogen-bond donors (Lipinski definition) is 3. The SMILES string of the molecule is Cn1cc(-c2cccc(-n3ccc4c(cc5ccccn54)c3=O)c2CO)cc(Nc2ccc(C3CNC3)cn2)c1=O. The molecule has 7 rings (SSSR count). The molecule has 5 aromatic heterocycles. The highest BCUT2D eigenvalue weighted by Crippen LogP contribution is 2.30. The summed E-state index contributed by atoms with van der Waals surface area (Å²) in [4.78, 5) is 31.2. The summed E-state index contributed by atoms with van der Waals surface area (Å²) in [5.74, 6) is 1.05. The van der Waals surface area contributed by atoms with Crippen molar-refractivity contribution in [3.63, 3.8) is 0 Å². The Balaban J connectivity index is 1.30. The Bertz CT molecular complexity index is 2050. The highest BCUT2D eigenvalue weighted by molar-refractivity contribution is 5.86. The lowest BCUT2D eigenvalue weighted by molar-refractivity contribution is 0.282. The number of aryl methyl sites for hydroxylation is 1. The first-order valence-electron chi connectivity index (χ1n) is 13.5. The van der Waals surface area contributed by atoms with E-state index < -0.39 is 0 Å². The van der Waals surface area contributed by atoms with E-state index in [2.05, 4.69) is 15.6 Å². The van der Waals surface area contributed by atoms with Crippen molar-refractivity contribution in [2.75, 3.05) is 18.4 Å². The molecule has 9 nitrogen and oxygen atoms in total. The Morgan fingerprint density at radius 2 is 1.88 bits per heavy atom. The number of anilines is 2. The molecule has 0 aliphatic carbocycles. The third-order valence-electron chi connectivity index (χ3n) is 7.92. The molecular formula is C32H28N6O3.